The molecule has 0 saturated heterocycles. The predicted octanol–water partition coefficient (Wildman–Crippen LogP) is 1.09. The van der Waals surface area contributed by atoms with Gasteiger partial charge in [-0.3, -0.25) is 4.99 Å². The van der Waals surface area contributed by atoms with Crippen molar-refractivity contribution < 1.29 is 4.84 Å². The standard InChI is InChI=1S/C8H15N3OS/c1-3-12-11-7(2)6-13-8-9-4-5-10-8/h3-6H2,1-2H3,(H,9,10). The fourth-order valence-electron chi connectivity index (χ4n) is 0.847. The van der Waals surface area contributed by atoms with Gasteiger partial charge in [0.25, 0.3) is 0 Å². The zero-order valence-corrected chi connectivity index (χ0v) is 8.86. The number of nitrogens with zero attached hydrogens (tertiary/aromatic N) is 2. The lowest BCUT2D eigenvalue weighted by Crippen LogP contribution is -2.16. The van der Waals surface area contributed by atoms with Crippen LogP contribution in [0.4, 0.5) is 0 Å². The number of rotatable bonds is 4. The molecule has 13 heavy (non-hydrogen) atoms. The van der Waals surface area contributed by atoms with Crippen LogP contribution >= 0.6 is 11.8 Å². The van der Waals surface area contributed by atoms with Gasteiger partial charge in [-0.05, 0) is 13.8 Å². The second-order valence-electron chi connectivity index (χ2n) is 2.65. The summed E-state index contributed by atoms with van der Waals surface area (Å²) in [7, 11) is 0. The summed E-state index contributed by atoms with van der Waals surface area (Å²) in [5.74, 6) is 0.839. The largest absolute Gasteiger partial charge is 0.396 e. The van der Waals surface area contributed by atoms with E-state index in [1.165, 1.54) is 0 Å². The van der Waals surface area contributed by atoms with Crippen molar-refractivity contribution in [2.45, 2.75) is 13.8 Å². The molecule has 0 aromatic heterocycles. The summed E-state index contributed by atoms with van der Waals surface area (Å²) in [5.41, 5.74) is 0.989. The molecule has 74 valence electrons. The highest BCUT2D eigenvalue weighted by atomic mass is 32.2. The van der Waals surface area contributed by atoms with Gasteiger partial charge in [-0.2, -0.15) is 0 Å². The molecule has 1 rings (SSSR count). The van der Waals surface area contributed by atoms with Crippen LogP contribution in [0.1, 0.15) is 13.8 Å². The number of nitrogens with one attached hydrogen (secondary N) is 1. The van der Waals surface area contributed by atoms with E-state index in [0.29, 0.717) is 6.61 Å². The number of hydrogen-bond acceptors (Lipinski definition) is 5. The van der Waals surface area contributed by atoms with E-state index in [1.807, 2.05) is 13.8 Å². The van der Waals surface area contributed by atoms with E-state index < -0.39 is 0 Å². The molecule has 1 aliphatic heterocycles. The van der Waals surface area contributed by atoms with Crippen molar-refractivity contribution in [2.24, 2.45) is 10.1 Å². The van der Waals surface area contributed by atoms with E-state index in [4.69, 9.17) is 4.84 Å². The third-order valence-electron chi connectivity index (χ3n) is 1.41. The fourth-order valence-corrected chi connectivity index (χ4v) is 1.63. The minimum atomic E-state index is 0.626. The molecule has 0 spiro atoms. The first-order valence-corrected chi connectivity index (χ1v) is 5.38. The Bertz CT molecular complexity index is 215. The van der Waals surface area contributed by atoms with Gasteiger partial charge in [-0.25, -0.2) is 0 Å². The van der Waals surface area contributed by atoms with E-state index in [0.717, 1.165) is 29.7 Å². The van der Waals surface area contributed by atoms with Crippen molar-refractivity contribution in [1.82, 2.24) is 5.32 Å². The molecule has 0 amide bonds. The van der Waals surface area contributed by atoms with E-state index in [1.54, 1.807) is 11.8 Å². The highest BCUT2D eigenvalue weighted by Gasteiger charge is 2.05. The van der Waals surface area contributed by atoms with Crippen LogP contribution < -0.4 is 5.32 Å². The molecule has 0 atom stereocenters. The van der Waals surface area contributed by atoms with Crippen LogP contribution in [0.5, 0.6) is 0 Å². The SMILES string of the molecule is CCON=C(C)CSC1=NCCN1. The maximum atomic E-state index is 4.92. The molecular weight excluding hydrogens is 186 g/mol. The summed E-state index contributed by atoms with van der Waals surface area (Å²) in [6.07, 6.45) is 0. The zero-order valence-electron chi connectivity index (χ0n) is 8.04. The average molecular weight is 201 g/mol. The fraction of sp³-hybridized carbons (Fsp3) is 0.750. The first-order chi connectivity index (χ1) is 6.33. The predicted molar refractivity (Wildman–Crippen MR) is 57.5 cm³/mol. The van der Waals surface area contributed by atoms with Gasteiger partial charge in [0.15, 0.2) is 5.17 Å². The van der Waals surface area contributed by atoms with E-state index >= 15 is 0 Å². The lowest BCUT2D eigenvalue weighted by Gasteiger charge is -2.01. The summed E-state index contributed by atoms with van der Waals surface area (Å²) >= 11 is 1.67. The molecule has 0 aliphatic carbocycles. The summed E-state index contributed by atoms with van der Waals surface area (Å²) in [5, 5.41) is 8.12. The molecule has 1 aliphatic rings. The zero-order chi connectivity index (χ0) is 9.52. The van der Waals surface area contributed by atoms with E-state index in [2.05, 4.69) is 15.5 Å². The highest BCUT2D eigenvalue weighted by molar-refractivity contribution is 8.14. The Hall–Kier alpha value is -0.710. The molecule has 0 fully saturated rings. The molecule has 4 nitrogen and oxygen atoms in total. The first-order valence-electron chi connectivity index (χ1n) is 4.39. The van der Waals surface area contributed by atoms with Gasteiger partial charge in [-0.1, -0.05) is 16.9 Å². The van der Waals surface area contributed by atoms with Gasteiger partial charge in [0.05, 0.1) is 12.3 Å². The average Bonchev–Trinajstić information content (AvgIpc) is 2.64. The third-order valence-corrected chi connectivity index (χ3v) is 2.52. The molecule has 0 bridgehead atoms. The van der Waals surface area contributed by atoms with Gasteiger partial charge < -0.3 is 10.2 Å². The Labute approximate surface area is 82.8 Å². The van der Waals surface area contributed by atoms with Crippen molar-refractivity contribution in [3.8, 4) is 0 Å². The Balaban J connectivity index is 2.17. The number of thioether (sulfide) groups is 1. The molecule has 0 saturated carbocycles. The monoisotopic (exact) mass is 201 g/mol. The maximum Gasteiger partial charge on any atom is 0.157 e. The molecule has 0 aromatic carbocycles. The number of oxime groups is 1. The molecule has 0 radical (unpaired) electrons. The van der Waals surface area contributed by atoms with E-state index in [9.17, 15) is 0 Å². The van der Waals surface area contributed by atoms with Crippen LogP contribution in [0, 0.1) is 0 Å². The second-order valence-corrected chi connectivity index (χ2v) is 3.61. The van der Waals surface area contributed by atoms with Gasteiger partial charge >= 0.3 is 0 Å². The summed E-state index contributed by atoms with van der Waals surface area (Å²) in [4.78, 5) is 9.19. The molecule has 1 heterocycles. The van der Waals surface area contributed by atoms with Crippen LogP contribution in [0.25, 0.3) is 0 Å². The van der Waals surface area contributed by atoms with Crippen molar-refractivity contribution in [3.63, 3.8) is 0 Å². The number of amidine groups is 1. The molecule has 0 aromatic rings. The summed E-state index contributed by atoms with van der Waals surface area (Å²) in [6, 6.07) is 0. The summed E-state index contributed by atoms with van der Waals surface area (Å²) < 4.78 is 0. The number of hydrogen-bond donors (Lipinski definition) is 1. The lowest BCUT2D eigenvalue weighted by molar-refractivity contribution is 0.158. The van der Waals surface area contributed by atoms with Crippen LogP contribution in [-0.2, 0) is 4.84 Å². The van der Waals surface area contributed by atoms with Crippen LogP contribution in [0.2, 0.25) is 0 Å². The maximum absolute atomic E-state index is 4.92. The van der Waals surface area contributed by atoms with Gasteiger partial charge in [0.2, 0.25) is 0 Å². The molecule has 5 heteroatoms. The molecule has 1 N–H and O–H groups in total. The van der Waals surface area contributed by atoms with Crippen molar-refractivity contribution in [3.05, 3.63) is 0 Å². The second kappa shape index (κ2) is 5.85. The normalized spacial score (nSPS) is 16.8. The third kappa shape index (κ3) is 4.17. The molecular formula is C8H15N3OS. The van der Waals surface area contributed by atoms with Gasteiger partial charge in [0, 0.05) is 12.3 Å². The Kier molecular flexibility index (Phi) is 4.67. The minimum absolute atomic E-state index is 0.626. The first kappa shape index (κ1) is 10.4. The smallest absolute Gasteiger partial charge is 0.157 e. The Morgan fingerprint density at radius 2 is 2.62 bits per heavy atom. The quantitative estimate of drug-likeness (QED) is 0.547. The van der Waals surface area contributed by atoms with Crippen molar-refractivity contribution in [2.75, 3.05) is 25.4 Å². The Morgan fingerprint density at radius 3 is 3.23 bits per heavy atom. The van der Waals surface area contributed by atoms with Gasteiger partial charge in [-0.15, -0.1) is 0 Å². The number of aliphatic imine (C=N–C) groups is 1. The summed E-state index contributed by atoms with van der Waals surface area (Å²) in [6.45, 7) is 6.36. The topological polar surface area (TPSA) is 46.0 Å². The highest BCUT2D eigenvalue weighted by Crippen LogP contribution is 2.05. The van der Waals surface area contributed by atoms with Crippen molar-refractivity contribution >= 4 is 22.6 Å². The van der Waals surface area contributed by atoms with Gasteiger partial charge in [0.1, 0.15) is 6.61 Å². The minimum Gasteiger partial charge on any atom is -0.396 e. The van der Waals surface area contributed by atoms with Crippen molar-refractivity contribution in [1.29, 1.82) is 0 Å². The van der Waals surface area contributed by atoms with Crippen LogP contribution in [-0.4, -0.2) is 36.3 Å². The van der Waals surface area contributed by atoms with Crippen LogP contribution in [0.3, 0.4) is 0 Å². The molecule has 0 unspecified atom stereocenters. The van der Waals surface area contributed by atoms with Crippen LogP contribution in [0.15, 0.2) is 10.1 Å². The van der Waals surface area contributed by atoms with E-state index in [-0.39, 0.29) is 0 Å². The Morgan fingerprint density at radius 1 is 1.77 bits per heavy atom. The lowest BCUT2D eigenvalue weighted by atomic mass is 10.5.